The van der Waals surface area contributed by atoms with E-state index in [1.807, 2.05) is 51.0 Å². The van der Waals surface area contributed by atoms with Gasteiger partial charge in [0.25, 0.3) is 0 Å². The summed E-state index contributed by atoms with van der Waals surface area (Å²) in [7, 11) is 3.95. The van der Waals surface area contributed by atoms with Crippen LogP contribution in [0.1, 0.15) is 47.2 Å². The molecule has 1 heterocycles. The molecule has 0 spiro atoms. The average molecular weight is 574 g/mol. The Kier molecular flexibility index (Phi) is 9.28. The highest BCUT2D eigenvalue weighted by molar-refractivity contribution is 5.95. The summed E-state index contributed by atoms with van der Waals surface area (Å²) in [6.45, 7) is 4.98. The third-order valence-electron chi connectivity index (χ3n) is 6.33. The number of hydrogen-bond donors (Lipinski definition) is 5. The highest BCUT2D eigenvalue weighted by Gasteiger charge is 2.24. The van der Waals surface area contributed by atoms with E-state index in [2.05, 4.69) is 15.4 Å². The van der Waals surface area contributed by atoms with E-state index in [-0.39, 0.29) is 29.0 Å². The number of aromatic amines is 1. The zero-order valence-electron chi connectivity index (χ0n) is 23.9. The SMILES string of the molecule is CCOc1cc(C(Nc2ccc(C(=N)N)cc2)c2nn(-c3ccccc3C(=O)O)c(=O)[nH]2)ccc1OC(C)CN(C)C. The van der Waals surface area contributed by atoms with Crippen LogP contribution in [0.25, 0.3) is 5.69 Å². The molecule has 0 amide bonds. The quantitative estimate of drug-likeness (QED) is 0.119. The molecule has 4 rings (SSSR count). The fourth-order valence-electron chi connectivity index (χ4n) is 4.53. The number of nitrogen functional groups attached to an aromatic ring is 1. The summed E-state index contributed by atoms with van der Waals surface area (Å²) in [6.07, 6.45) is -0.0971. The van der Waals surface area contributed by atoms with Crippen molar-refractivity contribution in [2.45, 2.75) is 26.0 Å². The number of likely N-dealkylation sites (N-methyl/N-ethyl adjacent to an activating group) is 1. The predicted molar refractivity (Wildman–Crippen MR) is 160 cm³/mol. The highest BCUT2D eigenvalue weighted by atomic mass is 16.5. The fraction of sp³-hybridized carbons (Fsp3) is 0.267. The van der Waals surface area contributed by atoms with E-state index in [0.29, 0.717) is 41.5 Å². The van der Waals surface area contributed by atoms with Crippen molar-refractivity contribution in [3.63, 3.8) is 0 Å². The summed E-state index contributed by atoms with van der Waals surface area (Å²) in [4.78, 5) is 29.7. The molecule has 2 atom stereocenters. The number of nitrogens with two attached hydrogens (primary N) is 1. The van der Waals surface area contributed by atoms with Crippen LogP contribution in [-0.4, -0.2) is 69.9 Å². The first kappa shape index (κ1) is 29.9. The third-order valence-corrected chi connectivity index (χ3v) is 6.33. The molecule has 4 aromatic rings. The van der Waals surface area contributed by atoms with E-state index in [4.69, 9.17) is 20.6 Å². The van der Waals surface area contributed by atoms with Gasteiger partial charge in [0.2, 0.25) is 0 Å². The summed E-state index contributed by atoms with van der Waals surface area (Å²) in [5, 5.41) is 25.2. The number of hydrogen-bond acceptors (Lipinski definition) is 8. The first-order valence-corrected chi connectivity index (χ1v) is 13.4. The summed E-state index contributed by atoms with van der Waals surface area (Å²) in [5.74, 6) is 0.112. The Bertz CT molecular complexity index is 1610. The van der Waals surface area contributed by atoms with Crippen molar-refractivity contribution in [3.8, 4) is 17.2 Å². The molecule has 42 heavy (non-hydrogen) atoms. The Balaban J connectivity index is 1.79. The van der Waals surface area contributed by atoms with Gasteiger partial charge in [-0.2, -0.15) is 4.68 Å². The minimum atomic E-state index is -1.18. The summed E-state index contributed by atoms with van der Waals surface area (Å²) in [5.41, 5.74) is 7.03. The zero-order valence-corrected chi connectivity index (χ0v) is 23.9. The number of rotatable bonds is 13. The van der Waals surface area contributed by atoms with Crippen molar-refractivity contribution in [2.24, 2.45) is 5.73 Å². The molecule has 12 nitrogen and oxygen atoms in total. The van der Waals surface area contributed by atoms with Gasteiger partial charge < -0.3 is 30.5 Å². The Hall–Kier alpha value is -5.10. The van der Waals surface area contributed by atoms with E-state index in [9.17, 15) is 14.7 Å². The van der Waals surface area contributed by atoms with Crippen molar-refractivity contribution in [3.05, 3.63) is 99.7 Å². The van der Waals surface area contributed by atoms with Crippen LogP contribution in [0.15, 0.2) is 71.5 Å². The van der Waals surface area contributed by atoms with Crippen LogP contribution in [-0.2, 0) is 0 Å². The van der Waals surface area contributed by atoms with Crippen molar-refractivity contribution < 1.29 is 19.4 Å². The molecular weight excluding hydrogens is 538 g/mol. The van der Waals surface area contributed by atoms with Gasteiger partial charge in [0, 0.05) is 17.8 Å². The normalized spacial score (nSPS) is 12.5. The molecule has 0 saturated carbocycles. The number of ether oxygens (including phenoxy) is 2. The van der Waals surface area contributed by atoms with Gasteiger partial charge in [-0.05, 0) is 82.0 Å². The van der Waals surface area contributed by atoms with E-state index in [1.54, 1.807) is 36.4 Å². The maximum atomic E-state index is 13.1. The lowest BCUT2D eigenvalue weighted by Gasteiger charge is -2.23. The highest BCUT2D eigenvalue weighted by Crippen LogP contribution is 2.34. The number of anilines is 1. The Morgan fingerprint density at radius 3 is 2.50 bits per heavy atom. The topological polar surface area (TPSA) is 172 Å². The predicted octanol–water partition coefficient (Wildman–Crippen LogP) is 3.47. The molecule has 0 bridgehead atoms. The monoisotopic (exact) mass is 573 g/mol. The number of aromatic nitrogens is 3. The van der Waals surface area contributed by atoms with E-state index >= 15 is 0 Å². The van der Waals surface area contributed by atoms with Crippen LogP contribution in [0.2, 0.25) is 0 Å². The van der Waals surface area contributed by atoms with Gasteiger partial charge in [-0.3, -0.25) is 10.4 Å². The van der Waals surface area contributed by atoms with Gasteiger partial charge in [-0.1, -0.05) is 18.2 Å². The number of benzene rings is 3. The van der Waals surface area contributed by atoms with E-state index in [0.717, 1.165) is 4.68 Å². The van der Waals surface area contributed by atoms with Gasteiger partial charge in [-0.25, -0.2) is 9.59 Å². The number of carboxylic acids is 1. The third kappa shape index (κ3) is 6.96. The molecule has 0 aliphatic heterocycles. The van der Waals surface area contributed by atoms with Crippen molar-refractivity contribution in [2.75, 3.05) is 32.6 Å². The average Bonchev–Trinajstić information content (AvgIpc) is 3.33. The van der Waals surface area contributed by atoms with Crippen LogP contribution in [0, 0.1) is 5.41 Å². The molecule has 220 valence electrons. The Morgan fingerprint density at radius 2 is 1.86 bits per heavy atom. The van der Waals surface area contributed by atoms with Crippen LogP contribution in [0.3, 0.4) is 0 Å². The van der Waals surface area contributed by atoms with Gasteiger partial charge in [-0.15, -0.1) is 5.10 Å². The number of nitrogens with one attached hydrogen (secondary N) is 3. The summed E-state index contributed by atoms with van der Waals surface area (Å²) in [6, 6.07) is 17.9. The Morgan fingerprint density at radius 1 is 1.14 bits per heavy atom. The van der Waals surface area contributed by atoms with E-state index in [1.165, 1.54) is 12.1 Å². The van der Waals surface area contributed by atoms with Gasteiger partial charge in [0.05, 0.1) is 17.9 Å². The van der Waals surface area contributed by atoms with Crippen LogP contribution >= 0.6 is 0 Å². The molecule has 3 aromatic carbocycles. The van der Waals surface area contributed by atoms with Crippen LogP contribution in [0.4, 0.5) is 5.69 Å². The molecule has 0 saturated heterocycles. The van der Waals surface area contributed by atoms with Crippen molar-refractivity contribution in [1.82, 2.24) is 19.7 Å². The number of carbonyl (C=O) groups is 1. The second-order valence-electron chi connectivity index (χ2n) is 9.95. The molecule has 2 unspecified atom stereocenters. The molecule has 6 N–H and O–H groups in total. The fourth-order valence-corrected chi connectivity index (χ4v) is 4.53. The van der Waals surface area contributed by atoms with Gasteiger partial charge in [0.1, 0.15) is 18.0 Å². The molecule has 1 aromatic heterocycles. The minimum absolute atomic E-state index is 0.0568. The van der Waals surface area contributed by atoms with Gasteiger partial charge >= 0.3 is 11.7 Å². The lowest BCUT2D eigenvalue weighted by Crippen LogP contribution is -2.28. The molecule has 0 fully saturated rings. The number of carboxylic acid groups (broad SMARTS) is 1. The minimum Gasteiger partial charge on any atom is -0.490 e. The second kappa shape index (κ2) is 13.0. The molecule has 12 heteroatoms. The molecular formula is C30H35N7O5. The molecule has 0 radical (unpaired) electrons. The number of nitrogens with zero attached hydrogens (tertiary/aromatic N) is 3. The smallest absolute Gasteiger partial charge is 0.348 e. The molecule has 0 aliphatic rings. The summed E-state index contributed by atoms with van der Waals surface area (Å²) >= 11 is 0. The van der Waals surface area contributed by atoms with Crippen molar-refractivity contribution in [1.29, 1.82) is 5.41 Å². The maximum absolute atomic E-state index is 13.1. The first-order valence-electron chi connectivity index (χ1n) is 13.4. The van der Waals surface area contributed by atoms with Crippen molar-refractivity contribution >= 4 is 17.5 Å². The van der Waals surface area contributed by atoms with Crippen LogP contribution in [0.5, 0.6) is 11.5 Å². The zero-order chi connectivity index (χ0) is 30.4. The number of para-hydroxylation sites is 1. The second-order valence-corrected chi connectivity index (χ2v) is 9.95. The van der Waals surface area contributed by atoms with E-state index < -0.39 is 17.7 Å². The number of H-pyrrole nitrogens is 1. The lowest BCUT2D eigenvalue weighted by atomic mass is 10.0. The van der Waals surface area contributed by atoms with Crippen LogP contribution < -0.4 is 26.2 Å². The largest absolute Gasteiger partial charge is 0.490 e. The number of aromatic carboxylic acids is 1. The molecule has 0 aliphatic carbocycles. The Labute approximate surface area is 243 Å². The summed E-state index contributed by atoms with van der Waals surface area (Å²) < 4.78 is 13.1. The maximum Gasteiger partial charge on any atom is 0.348 e. The standard InChI is InChI=1S/C30H35N7O5/c1-5-41-25-16-20(12-15-24(25)42-18(2)17-36(3)4)26(33-21-13-10-19(11-14-21)27(31)32)28-34-30(40)37(35-28)23-9-7-6-8-22(23)29(38)39/h6-16,18,26,33H,5,17H2,1-4H3,(H3,31,32)(H,38,39)(H,34,35,40). The first-order chi connectivity index (χ1) is 20.1. The lowest BCUT2D eigenvalue weighted by molar-refractivity contribution is 0.0696. The van der Waals surface area contributed by atoms with Gasteiger partial charge in [0.15, 0.2) is 17.3 Å². The number of amidine groups is 1.